The lowest BCUT2D eigenvalue weighted by Crippen LogP contribution is -2.57. The van der Waals surface area contributed by atoms with Crippen molar-refractivity contribution in [3.8, 4) is 0 Å². The summed E-state index contributed by atoms with van der Waals surface area (Å²) in [6.07, 6.45) is 4.07. The Balaban J connectivity index is 1.75. The van der Waals surface area contributed by atoms with Crippen LogP contribution in [-0.4, -0.2) is 48.1 Å². The van der Waals surface area contributed by atoms with Crippen molar-refractivity contribution < 1.29 is 4.42 Å². The molecule has 112 valence electrons. The van der Waals surface area contributed by atoms with Crippen molar-refractivity contribution in [1.29, 1.82) is 0 Å². The van der Waals surface area contributed by atoms with E-state index in [1.807, 2.05) is 13.0 Å². The van der Waals surface area contributed by atoms with Crippen LogP contribution in [0.2, 0.25) is 0 Å². The smallest absolute Gasteiger partial charge is 0.122 e. The van der Waals surface area contributed by atoms with E-state index in [1.54, 1.807) is 0 Å². The summed E-state index contributed by atoms with van der Waals surface area (Å²) in [6, 6.07) is 5.16. The molecule has 0 saturated carbocycles. The topological polar surface area (TPSA) is 45.6 Å². The molecule has 4 heteroatoms. The Morgan fingerprint density at radius 2 is 2.10 bits per heavy atom. The van der Waals surface area contributed by atoms with Crippen molar-refractivity contribution in [3.05, 3.63) is 23.7 Å². The molecular weight excluding hydrogens is 250 g/mol. The molecule has 2 N–H and O–H groups in total. The zero-order valence-electron chi connectivity index (χ0n) is 12.7. The lowest BCUT2D eigenvalue weighted by molar-refractivity contribution is 0.0165. The number of furan rings is 1. The predicted octanol–water partition coefficient (Wildman–Crippen LogP) is 2.15. The number of aryl methyl sites for hydroxylation is 1. The SMILES string of the molecule is Cc1ccc(C(C(C)N)N2CCN3CCCCC3C2)o1. The molecule has 3 atom stereocenters. The second-order valence-electron chi connectivity index (χ2n) is 6.43. The molecule has 0 aliphatic carbocycles. The van der Waals surface area contributed by atoms with Crippen LogP contribution in [0, 0.1) is 6.92 Å². The number of fused-ring (bicyclic) bond motifs is 1. The highest BCUT2D eigenvalue weighted by Gasteiger charge is 2.35. The summed E-state index contributed by atoms with van der Waals surface area (Å²) < 4.78 is 5.86. The standard InChI is InChI=1S/C16H27N3O/c1-12-6-7-15(20-12)16(13(2)17)19-10-9-18-8-4-3-5-14(18)11-19/h6-7,13-14,16H,3-5,8-11,17H2,1-2H3. The Hall–Kier alpha value is -0.840. The average molecular weight is 277 g/mol. The molecule has 3 unspecified atom stereocenters. The highest BCUT2D eigenvalue weighted by Crippen LogP contribution is 2.30. The molecule has 3 rings (SSSR count). The zero-order chi connectivity index (χ0) is 14.1. The van der Waals surface area contributed by atoms with E-state index in [0.717, 1.165) is 30.7 Å². The number of hydrogen-bond acceptors (Lipinski definition) is 4. The molecule has 2 fully saturated rings. The maximum atomic E-state index is 6.26. The van der Waals surface area contributed by atoms with Crippen LogP contribution in [0.4, 0.5) is 0 Å². The third-order valence-electron chi connectivity index (χ3n) is 4.81. The number of piperidine rings is 1. The fourth-order valence-corrected chi connectivity index (χ4v) is 3.82. The average Bonchev–Trinajstić information content (AvgIpc) is 2.85. The molecule has 2 aliphatic rings. The van der Waals surface area contributed by atoms with Crippen LogP contribution in [-0.2, 0) is 0 Å². The maximum Gasteiger partial charge on any atom is 0.122 e. The summed E-state index contributed by atoms with van der Waals surface area (Å²) in [5.41, 5.74) is 6.26. The molecule has 1 aromatic rings. The number of nitrogens with zero attached hydrogens (tertiary/aromatic N) is 2. The van der Waals surface area contributed by atoms with Gasteiger partial charge in [-0.25, -0.2) is 0 Å². The van der Waals surface area contributed by atoms with Crippen molar-refractivity contribution in [2.24, 2.45) is 5.73 Å². The van der Waals surface area contributed by atoms with Crippen LogP contribution in [0.3, 0.4) is 0 Å². The molecule has 1 aromatic heterocycles. The minimum atomic E-state index is 0.0932. The first kappa shape index (κ1) is 14.1. The first-order valence-electron chi connectivity index (χ1n) is 7.95. The Kier molecular flexibility index (Phi) is 4.15. The van der Waals surface area contributed by atoms with Gasteiger partial charge in [-0.2, -0.15) is 0 Å². The molecule has 3 heterocycles. The van der Waals surface area contributed by atoms with Gasteiger partial charge in [0.15, 0.2) is 0 Å². The van der Waals surface area contributed by atoms with E-state index < -0.39 is 0 Å². The van der Waals surface area contributed by atoms with Crippen molar-refractivity contribution >= 4 is 0 Å². The highest BCUT2D eigenvalue weighted by atomic mass is 16.3. The number of rotatable bonds is 3. The largest absolute Gasteiger partial charge is 0.465 e. The van der Waals surface area contributed by atoms with Crippen LogP contribution in [0.1, 0.15) is 43.7 Å². The molecule has 2 aliphatic heterocycles. The Morgan fingerprint density at radius 3 is 2.80 bits per heavy atom. The summed E-state index contributed by atoms with van der Waals surface area (Å²) in [5, 5.41) is 0. The lowest BCUT2D eigenvalue weighted by atomic mass is 9.96. The summed E-state index contributed by atoms with van der Waals surface area (Å²) in [4.78, 5) is 5.20. The summed E-state index contributed by atoms with van der Waals surface area (Å²) >= 11 is 0. The lowest BCUT2D eigenvalue weighted by Gasteiger charge is -2.46. The van der Waals surface area contributed by atoms with E-state index >= 15 is 0 Å². The fourth-order valence-electron chi connectivity index (χ4n) is 3.82. The third-order valence-corrected chi connectivity index (χ3v) is 4.81. The number of nitrogens with two attached hydrogens (primary N) is 1. The predicted molar refractivity (Wildman–Crippen MR) is 80.6 cm³/mol. The van der Waals surface area contributed by atoms with Crippen LogP contribution in [0.15, 0.2) is 16.5 Å². The molecule has 0 radical (unpaired) electrons. The molecule has 0 aromatic carbocycles. The van der Waals surface area contributed by atoms with E-state index in [4.69, 9.17) is 10.2 Å². The molecular formula is C16H27N3O. The quantitative estimate of drug-likeness (QED) is 0.919. The molecule has 20 heavy (non-hydrogen) atoms. The van der Waals surface area contributed by atoms with Gasteiger partial charge in [-0.15, -0.1) is 0 Å². The van der Waals surface area contributed by atoms with E-state index in [2.05, 4.69) is 22.8 Å². The number of hydrogen-bond donors (Lipinski definition) is 1. The van der Waals surface area contributed by atoms with Crippen molar-refractivity contribution in [2.45, 2.75) is 51.2 Å². The van der Waals surface area contributed by atoms with Crippen LogP contribution >= 0.6 is 0 Å². The highest BCUT2D eigenvalue weighted by molar-refractivity contribution is 5.12. The Labute approximate surface area is 121 Å². The first-order chi connectivity index (χ1) is 9.65. The number of piperazine rings is 1. The summed E-state index contributed by atoms with van der Waals surface area (Å²) in [6.45, 7) is 8.78. The van der Waals surface area contributed by atoms with E-state index in [9.17, 15) is 0 Å². The molecule has 0 spiro atoms. The van der Waals surface area contributed by atoms with Crippen LogP contribution < -0.4 is 5.73 Å². The van der Waals surface area contributed by atoms with Crippen LogP contribution in [0.5, 0.6) is 0 Å². The fraction of sp³-hybridized carbons (Fsp3) is 0.750. The van der Waals surface area contributed by atoms with Crippen LogP contribution in [0.25, 0.3) is 0 Å². The van der Waals surface area contributed by atoms with Gasteiger partial charge in [-0.05, 0) is 45.4 Å². The summed E-state index contributed by atoms with van der Waals surface area (Å²) in [7, 11) is 0. The molecule has 4 nitrogen and oxygen atoms in total. The maximum absolute atomic E-state index is 6.26. The Morgan fingerprint density at radius 1 is 1.25 bits per heavy atom. The minimum absolute atomic E-state index is 0.0932. The van der Waals surface area contributed by atoms with Gasteiger partial charge in [0, 0.05) is 31.7 Å². The van der Waals surface area contributed by atoms with E-state index in [-0.39, 0.29) is 12.1 Å². The minimum Gasteiger partial charge on any atom is -0.465 e. The van der Waals surface area contributed by atoms with Gasteiger partial charge < -0.3 is 10.2 Å². The van der Waals surface area contributed by atoms with Gasteiger partial charge in [0.25, 0.3) is 0 Å². The normalized spacial score (nSPS) is 28.1. The van der Waals surface area contributed by atoms with Gasteiger partial charge >= 0.3 is 0 Å². The molecule has 2 saturated heterocycles. The summed E-state index contributed by atoms with van der Waals surface area (Å²) in [5.74, 6) is 2.00. The van der Waals surface area contributed by atoms with E-state index in [1.165, 1.54) is 32.4 Å². The second kappa shape index (κ2) is 5.88. The Bertz CT molecular complexity index is 443. The molecule has 0 bridgehead atoms. The molecule has 0 amide bonds. The van der Waals surface area contributed by atoms with E-state index in [0.29, 0.717) is 0 Å². The van der Waals surface area contributed by atoms with Gasteiger partial charge in [0.05, 0.1) is 6.04 Å². The first-order valence-corrected chi connectivity index (χ1v) is 7.95. The van der Waals surface area contributed by atoms with Gasteiger partial charge in [0.1, 0.15) is 11.5 Å². The monoisotopic (exact) mass is 277 g/mol. The zero-order valence-corrected chi connectivity index (χ0v) is 12.7. The van der Waals surface area contributed by atoms with Crippen molar-refractivity contribution in [1.82, 2.24) is 9.80 Å². The van der Waals surface area contributed by atoms with Crippen molar-refractivity contribution in [3.63, 3.8) is 0 Å². The van der Waals surface area contributed by atoms with Gasteiger partial charge in [-0.1, -0.05) is 6.42 Å². The van der Waals surface area contributed by atoms with Gasteiger partial charge in [-0.3, -0.25) is 9.80 Å². The van der Waals surface area contributed by atoms with Crippen molar-refractivity contribution in [2.75, 3.05) is 26.2 Å². The van der Waals surface area contributed by atoms with Gasteiger partial charge in [0.2, 0.25) is 0 Å². The third kappa shape index (κ3) is 2.78. The second-order valence-corrected chi connectivity index (χ2v) is 6.43.